The van der Waals surface area contributed by atoms with Crippen molar-refractivity contribution in [3.8, 4) is 0 Å². The van der Waals surface area contributed by atoms with Gasteiger partial charge in [0.15, 0.2) is 0 Å². The first-order chi connectivity index (χ1) is 15.6. The minimum Gasteiger partial charge on any atom is -0.337 e. The molecular formula is C23H16ClF3N2O3S. The number of rotatable bonds is 5. The van der Waals surface area contributed by atoms with Crippen LogP contribution in [0.25, 0.3) is 10.9 Å². The van der Waals surface area contributed by atoms with Crippen LogP contribution >= 0.6 is 11.6 Å². The molecule has 0 aliphatic rings. The summed E-state index contributed by atoms with van der Waals surface area (Å²) >= 11 is 5.86. The van der Waals surface area contributed by atoms with E-state index in [0.29, 0.717) is 15.9 Å². The van der Waals surface area contributed by atoms with E-state index in [1.165, 1.54) is 35.0 Å². The van der Waals surface area contributed by atoms with E-state index in [1.54, 1.807) is 24.3 Å². The fourth-order valence-electron chi connectivity index (χ4n) is 3.40. The minimum absolute atomic E-state index is 0.0303. The molecule has 4 aromatic rings. The number of amides is 1. The number of carbonyl (C=O) groups excluding carboxylic acids is 1. The van der Waals surface area contributed by atoms with Gasteiger partial charge in [0.05, 0.1) is 15.4 Å². The zero-order valence-electron chi connectivity index (χ0n) is 16.8. The van der Waals surface area contributed by atoms with Gasteiger partial charge < -0.3 is 9.88 Å². The van der Waals surface area contributed by atoms with E-state index >= 15 is 0 Å². The predicted molar refractivity (Wildman–Crippen MR) is 119 cm³/mol. The maximum Gasteiger partial charge on any atom is 0.416 e. The second-order valence-electron chi connectivity index (χ2n) is 7.22. The highest BCUT2D eigenvalue weighted by atomic mass is 35.5. The molecule has 0 aliphatic heterocycles. The highest BCUT2D eigenvalue weighted by Gasteiger charge is 2.30. The average Bonchev–Trinajstić information content (AvgIpc) is 3.13. The van der Waals surface area contributed by atoms with Crippen LogP contribution in [0.1, 0.15) is 5.56 Å². The molecule has 10 heteroatoms. The Morgan fingerprint density at radius 3 is 2.21 bits per heavy atom. The Hall–Kier alpha value is -3.30. The van der Waals surface area contributed by atoms with Gasteiger partial charge >= 0.3 is 6.18 Å². The molecule has 0 saturated heterocycles. The van der Waals surface area contributed by atoms with Gasteiger partial charge in [0.25, 0.3) is 0 Å². The summed E-state index contributed by atoms with van der Waals surface area (Å²) in [4.78, 5) is 12.6. The molecule has 1 aromatic heterocycles. The van der Waals surface area contributed by atoms with Gasteiger partial charge in [0.2, 0.25) is 15.7 Å². The van der Waals surface area contributed by atoms with Gasteiger partial charge in [-0.1, -0.05) is 29.8 Å². The zero-order chi connectivity index (χ0) is 23.8. The number of halogens is 4. The highest BCUT2D eigenvalue weighted by molar-refractivity contribution is 7.91. The number of benzene rings is 3. The van der Waals surface area contributed by atoms with E-state index in [0.717, 1.165) is 24.3 Å². The quantitative estimate of drug-likeness (QED) is 0.383. The fraction of sp³-hybridized carbons (Fsp3) is 0.0870. The lowest BCUT2D eigenvalue weighted by Gasteiger charge is -2.09. The number of para-hydroxylation sites is 1. The number of alkyl halides is 3. The lowest BCUT2D eigenvalue weighted by Crippen LogP contribution is -2.18. The molecule has 3 aromatic carbocycles. The number of hydrogen-bond acceptors (Lipinski definition) is 3. The predicted octanol–water partition coefficient (Wildman–Crippen LogP) is 5.79. The van der Waals surface area contributed by atoms with E-state index in [2.05, 4.69) is 5.32 Å². The number of anilines is 1. The van der Waals surface area contributed by atoms with Crippen molar-refractivity contribution in [2.75, 3.05) is 5.32 Å². The Balaban J connectivity index is 1.63. The summed E-state index contributed by atoms with van der Waals surface area (Å²) in [7, 11) is -3.89. The number of aromatic nitrogens is 1. The van der Waals surface area contributed by atoms with Gasteiger partial charge in [0.1, 0.15) is 6.54 Å². The van der Waals surface area contributed by atoms with Crippen LogP contribution in [-0.2, 0) is 27.4 Å². The SMILES string of the molecule is O=C(Cn1cc(S(=O)(=O)c2ccc(Cl)cc2)c2ccccc21)Nc1ccc(C(F)(F)F)cc1. The molecule has 1 amide bonds. The van der Waals surface area contributed by atoms with Crippen molar-refractivity contribution in [2.24, 2.45) is 0 Å². The molecule has 1 heterocycles. The molecule has 0 spiro atoms. The third-order valence-electron chi connectivity index (χ3n) is 4.98. The van der Waals surface area contributed by atoms with Crippen LogP contribution in [0.3, 0.4) is 0 Å². The lowest BCUT2D eigenvalue weighted by molar-refractivity contribution is -0.137. The number of hydrogen-bond donors (Lipinski definition) is 1. The van der Waals surface area contributed by atoms with Crippen molar-refractivity contribution < 1.29 is 26.4 Å². The largest absolute Gasteiger partial charge is 0.416 e. The fourth-order valence-corrected chi connectivity index (χ4v) is 5.00. The molecule has 5 nitrogen and oxygen atoms in total. The monoisotopic (exact) mass is 492 g/mol. The van der Waals surface area contributed by atoms with E-state index < -0.39 is 27.5 Å². The standard InChI is InChI=1S/C23H16ClF3N2O3S/c24-16-7-11-18(12-8-16)33(31,32)21-13-29(20-4-2-1-3-19(20)21)14-22(30)28-17-9-5-15(6-10-17)23(25,26)27/h1-13H,14H2,(H,28,30). The van der Waals surface area contributed by atoms with Crippen LogP contribution < -0.4 is 5.32 Å². The molecule has 4 rings (SSSR count). The number of nitrogens with zero attached hydrogens (tertiary/aromatic N) is 1. The molecule has 170 valence electrons. The van der Waals surface area contributed by atoms with E-state index in [-0.39, 0.29) is 22.0 Å². The van der Waals surface area contributed by atoms with Crippen LogP contribution in [-0.4, -0.2) is 18.9 Å². The summed E-state index contributed by atoms with van der Waals surface area (Å²) in [5.74, 6) is -0.522. The number of sulfone groups is 1. The van der Waals surface area contributed by atoms with Crippen LogP contribution in [0.15, 0.2) is 88.8 Å². The molecule has 0 unspecified atom stereocenters. The molecule has 0 atom stereocenters. The Bertz CT molecular complexity index is 1430. The number of fused-ring (bicyclic) bond motifs is 1. The maximum atomic E-state index is 13.2. The normalized spacial score (nSPS) is 12.1. The van der Waals surface area contributed by atoms with Gasteiger partial charge in [-0.05, 0) is 54.6 Å². The third kappa shape index (κ3) is 4.74. The maximum absolute atomic E-state index is 13.2. The van der Waals surface area contributed by atoms with Crippen molar-refractivity contribution >= 4 is 43.9 Å². The molecule has 0 fully saturated rings. The molecular weight excluding hydrogens is 477 g/mol. The third-order valence-corrected chi connectivity index (χ3v) is 7.02. The minimum atomic E-state index is -4.47. The Morgan fingerprint density at radius 2 is 1.58 bits per heavy atom. The molecule has 0 aliphatic carbocycles. The Labute approximate surface area is 192 Å². The lowest BCUT2D eigenvalue weighted by atomic mass is 10.2. The first-order valence-corrected chi connectivity index (χ1v) is 11.5. The summed E-state index contributed by atoms with van der Waals surface area (Å²) in [5.41, 5.74) is -0.111. The number of carbonyl (C=O) groups is 1. The number of nitrogens with one attached hydrogen (secondary N) is 1. The van der Waals surface area contributed by atoms with E-state index in [4.69, 9.17) is 11.6 Å². The van der Waals surface area contributed by atoms with Crippen molar-refractivity contribution in [3.05, 3.63) is 89.6 Å². The average molecular weight is 493 g/mol. The first kappa shape index (κ1) is 22.9. The van der Waals surface area contributed by atoms with Crippen molar-refractivity contribution in [1.29, 1.82) is 0 Å². The molecule has 0 radical (unpaired) electrons. The summed E-state index contributed by atoms with van der Waals surface area (Å²) in [6, 6.07) is 16.5. The first-order valence-electron chi connectivity index (χ1n) is 9.61. The summed E-state index contributed by atoms with van der Waals surface area (Å²) in [6.45, 7) is -0.238. The van der Waals surface area contributed by atoms with E-state index in [1.807, 2.05) is 0 Å². The van der Waals surface area contributed by atoms with Crippen LogP contribution in [0, 0.1) is 0 Å². The second-order valence-corrected chi connectivity index (χ2v) is 9.57. The highest BCUT2D eigenvalue weighted by Crippen LogP contribution is 2.31. The topological polar surface area (TPSA) is 68.2 Å². The van der Waals surface area contributed by atoms with Crippen molar-refractivity contribution in [1.82, 2.24) is 4.57 Å². The molecule has 0 bridgehead atoms. The Kier molecular flexibility index (Phi) is 5.94. The van der Waals surface area contributed by atoms with E-state index in [9.17, 15) is 26.4 Å². The summed E-state index contributed by atoms with van der Waals surface area (Å²) in [6.07, 6.45) is -3.10. The van der Waals surface area contributed by atoms with Crippen LogP contribution in [0.2, 0.25) is 5.02 Å². The van der Waals surface area contributed by atoms with Gasteiger partial charge in [-0.2, -0.15) is 13.2 Å². The van der Waals surface area contributed by atoms with Gasteiger partial charge in [-0.3, -0.25) is 4.79 Å². The van der Waals surface area contributed by atoms with Crippen molar-refractivity contribution in [2.45, 2.75) is 22.5 Å². The second kappa shape index (κ2) is 8.57. The van der Waals surface area contributed by atoms with Crippen molar-refractivity contribution in [3.63, 3.8) is 0 Å². The van der Waals surface area contributed by atoms with Gasteiger partial charge in [-0.15, -0.1) is 0 Å². The van der Waals surface area contributed by atoms with Gasteiger partial charge in [0, 0.05) is 27.8 Å². The Morgan fingerprint density at radius 1 is 0.939 bits per heavy atom. The molecule has 33 heavy (non-hydrogen) atoms. The summed E-state index contributed by atoms with van der Waals surface area (Å²) in [5, 5.41) is 3.37. The smallest absolute Gasteiger partial charge is 0.337 e. The van der Waals surface area contributed by atoms with Crippen LogP contribution in [0.4, 0.5) is 18.9 Å². The molecule has 0 saturated carbocycles. The summed E-state index contributed by atoms with van der Waals surface area (Å²) < 4.78 is 66.0. The molecule has 1 N–H and O–H groups in total. The zero-order valence-corrected chi connectivity index (χ0v) is 18.4. The van der Waals surface area contributed by atoms with Gasteiger partial charge in [-0.25, -0.2) is 8.42 Å². The van der Waals surface area contributed by atoms with Crippen LogP contribution in [0.5, 0.6) is 0 Å².